The monoisotopic (exact) mass is 338 g/mol. The highest BCUT2D eigenvalue weighted by Gasteiger charge is 2.19. The van der Waals surface area contributed by atoms with Gasteiger partial charge in [-0.05, 0) is 31.5 Å². The van der Waals surface area contributed by atoms with Crippen molar-refractivity contribution in [2.75, 3.05) is 0 Å². The fourth-order valence-electron chi connectivity index (χ4n) is 2.67. The van der Waals surface area contributed by atoms with Crippen LogP contribution in [0.4, 0.5) is 0 Å². The molecule has 132 valence electrons. The van der Waals surface area contributed by atoms with Gasteiger partial charge in [-0.25, -0.2) is 9.97 Å². The van der Waals surface area contributed by atoms with Crippen molar-refractivity contribution in [3.63, 3.8) is 0 Å². The maximum Gasteiger partial charge on any atom is 0.208 e. The highest BCUT2D eigenvalue weighted by molar-refractivity contribution is 5.36. The van der Waals surface area contributed by atoms with Gasteiger partial charge in [-0.2, -0.15) is 0 Å². The maximum absolute atomic E-state index is 5.83. The Balaban J connectivity index is 1.62. The van der Waals surface area contributed by atoms with Crippen LogP contribution in [-0.4, -0.2) is 14.5 Å². The zero-order valence-corrected chi connectivity index (χ0v) is 15.6. The summed E-state index contributed by atoms with van der Waals surface area (Å²) in [4.78, 5) is 8.63. The molecule has 2 aromatic heterocycles. The van der Waals surface area contributed by atoms with Gasteiger partial charge < -0.3 is 14.3 Å². The minimum Gasteiger partial charge on any atom is -0.444 e. The van der Waals surface area contributed by atoms with Gasteiger partial charge in [-0.3, -0.25) is 0 Å². The third kappa shape index (κ3) is 3.99. The van der Waals surface area contributed by atoms with Crippen LogP contribution in [0.15, 0.2) is 47.3 Å². The molecule has 0 spiro atoms. The first kappa shape index (κ1) is 17.4. The van der Waals surface area contributed by atoms with Gasteiger partial charge in [-0.1, -0.05) is 32.9 Å². The molecule has 0 aliphatic heterocycles. The zero-order chi connectivity index (χ0) is 18.0. The van der Waals surface area contributed by atoms with Crippen LogP contribution in [-0.2, 0) is 12.0 Å². The molecule has 3 rings (SSSR count). The number of hydrogen-bond acceptors (Lipinski definition) is 4. The van der Waals surface area contributed by atoms with Crippen LogP contribution < -0.4 is 5.32 Å². The first-order chi connectivity index (χ1) is 11.8. The van der Waals surface area contributed by atoms with Crippen LogP contribution >= 0.6 is 0 Å². The molecule has 5 heteroatoms. The molecule has 0 unspecified atom stereocenters. The SMILES string of the molecule is Cc1nccn1-c1ccc([C@@H](C)NCc2ncc(C(C)(C)C)o2)cc1. The Hall–Kier alpha value is -2.40. The van der Waals surface area contributed by atoms with Crippen LogP contribution in [0.3, 0.4) is 0 Å². The maximum atomic E-state index is 5.83. The first-order valence-corrected chi connectivity index (χ1v) is 8.63. The van der Waals surface area contributed by atoms with Crippen LogP contribution in [0, 0.1) is 6.92 Å². The average Bonchev–Trinajstić information content (AvgIpc) is 3.21. The minimum atomic E-state index is -0.0157. The molecule has 0 amide bonds. The predicted molar refractivity (Wildman–Crippen MR) is 98.8 cm³/mol. The molecular weight excluding hydrogens is 312 g/mol. The lowest BCUT2D eigenvalue weighted by Gasteiger charge is -2.15. The van der Waals surface area contributed by atoms with E-state index in [1.54, 1.807) is 0 Å². The Morgan fingerprint density at radius 3 is 2.44 bits per heavy atom. The predicted octanol–water partition coefficient (Wildman–Crippen LogP) is 4.32. The number of oxazole rings is 1. The van der Waals surface area contributed by atoms with E-state index in [4.69, 9.17) is 4.42 Å². The van der Waals surface area contributed by atoms with E-state index in [0.717, 1.165) is 23.2 Å². The zero-order valence-electron chi connectivity index (χ0n) is 15.6. The molecule has 1 atom stereocenters. The standard InChI is InChI=1S/C20H26N4O/c1-14(22-13-19-23-12-18(25-19)20(3,4)5)16-6-8-17(9-7-16)24-11-10-21-15(24)2/h6-12,14,22H,13H2,1-5H3/t14-/m1/s1. The lowest BCUT2D eigenvalue weighted by molar-refractivity contribution is 0.368. The second-order valence-corrected chi connectivity index (χ2v) is 7.41. The smallest absolute Gasteiger partial charge is 0.208 e. The van der Waals surface area contributed by atoms with Gasteiger partial charge in [-0.15, -0.1) is 0 Å². The molecule has 25 heavy (non-hydrogen) atoms. The summed E-state index contributed by atoms with van der Waals surface area (Å²) in [6.07, 6.45) is 5.61. The van der Waals surface area contributed by atoms with Crippen molar-refractivity contribution in [3.05, 3.63) is 65.9 Å². The number of nitrogens with zero attached hydrogens (tertiary/aromatic N) is 3. The Kier molecular flexibility index (Phi) is 4.77. The molecule has 1 aromatic carbocycles. The average molecular weight is 338 g/mol. The van der Waals surface area contributed by atoms with E-state index in [1.807, 2.05) is 25.5 Å². The normalized spacial score (nSPS) is 13.2. The first-order valence-electron chi connectivity index (χ1n) is 8.63. The van der Waals surface area contributed by atoms with Gasteiger partial charge in [0.05, 0.1) is 12.7 Å². The van der Waals surface area contributed by atoms with E-state index in [-0.39, 0.29) is 11.5 Å². The number of nitrogens with one attached hydrogen (secondary N) is 1. The fourth-order valence-corrected chi connectivity index (χ4v) is 2.67. The quantitative estimate of drug-likeness (QED) is 0.753. The van der Waals surface area contributed by atoms with E-state index in [0.29, 0.717) is 6.54 Å². The Morgan fingerprint density at radius 1 is 1.16 bits per heavy atom. The Labute approximate surface area is 149 Å². The molecule has 2 heterocycles. The van der Waals surface area contributed by atoms with Gasteiger partial charge in [0.1, 0.15) is 11.6 Å². The van der Waals surface area contributed by atoms with Crippen molar-refractivity contribution in [2.24, 2.45) is 0 Å². The molecule has 0 fully saturated rings. The number of aromatic nitrogens is 3. The molecule has 0 saturated heterocycles. The van der Waals surface area contributed by atoms with Crippen molar-refractivity contribution in [1.82, 2.24) is 19.9 Å². The van der Waals surface area contributed by atoms with Crippen LogP contribution in [0.2, 0.25) is 0 Å². The lowest BCUT2D eigenvalue weighted by atomic mass is 9.94. The van der Waals surface area contributed by atoms with Crippen LogP contribution in [0.1, 0.15) is 56.8 Å². The van der Waals surface area contributed by atoms with E-state index in [2.05, 4.69) is 71.8 Å². The van der Waals surface area contributed by atoms with E-state index < -0.39 is 0 Å². The second kappa shape index (κ2) is 6.84. The third-order valence-corrected chi connectivity index (χ3v) is 4.35. The highest BCUT2D eigenvalue weighted by Crippen LogP contribution is 2.23. The number of benzene rings is 1. The van der Waals surface area contributed by atoms with Crippen molar-refractivity contribution in [3.8, 4) is 5.69 Å². The summed E-state index contributed by atoms with van der Waals surface area (Å²) in [5.41, 5.74) is 2.33. The molecule has 0 aliphatic carbocycles. The van der Waals surface area contributed by atoms with Gasteiger partial charge in [0.2, 0.25) is 5.89 Å². The largest absolute Gasteiger partial charge is 0.444 e. The van der Waals surface area contributed by atoms with Crippen molar-refractivity contribution in [2.45, 2.75) is 52.6 Å². The summed E-state index contributed by atoms with van der Waals surface area (Å²) in [6, 6.07) is 8.73. The number of imidazole rings is 1. The molecule has 0 bridgehead atoms. The molecular formula is C20H26N4O. The fraction of sp³-hybridized carbons (Fsp3) is 0.400. The summed E-state index contributed by atoms with van der Waals surface area (Å²) in [6.45, 7) is 11.1. The number of aryl methyl sites for hydroxylation is 1. The van der Waals surface area contributed by atoms with E-state index in [9.17, 15) is 0 Å². The van der Waals surface area contributed by atoms with Crippen molar-refractivity contribution < 1.29 is 4.42 Å². The molecule has 5 nitrogen and oxygen atoms in total. The number of hydrogen-bond donors (Lipinski definition) is 1. The minimum absolute atomic E-state index is 0.0157. The topological polar surface area (TPSA) is 55.9 Å². The van der Waals surface area contributed by atoms with Gasteiger partial charge in [0.25, 0.3) is 0 Å². The van der Waals surface area contributed by atoms with Crippen LogP contribution in [0.25, 0.3) is 5.69 Å². The Morgan fingerprint density at radius 2 is 1.88 bits per heavy atom. The lowest BCUT2D eigenvalue weighted by Crippen LogP contribution is -2.18. The van der Waals surface area contributed by atoms with Crippen molar-refractivity contribution in [1.29, 1.82) is 0 Å². The summed E-state index contributed by atoms with van der Waals surface area (Å²) in [7, 11) is 0. The van der Waals surface area contributed by atoms with Crippen LogP contribution in [0.5, 0.6) is 0 Å². The molecule has 3 aromatic rings. The Bertz CT molecular complexity index is 824. The summed E-state index contributed by atoms with van der Waals surface area (Å²) < 4.78 is 7.90. The summed E-state index contributed by atoms with van der Waals surface area (Å²) >= 11 is 0. The highest BCUT2D eigenvalue weighted by atomic mass is 16.4. The van der Waals surface area contributed by atoms with E-state index >= 15 is 0 Å². The van der Waals surface area contributed by atoms with Gasteiger partial charge in [0, 0.05) is 29.5 Å². The molecule has 0 aliphatic rings. The second-order valence-electron chi connectivity index (χ2n) is 7.41. The summed E-state index contributed by atoms with van der Waals surface area (Å²) in [5, 5.41) is 3.47. The molecule has 1 N–H and O–H groups in total. The third-order valence-electron chi connectivity index (χ3n) is 4.35. The number of rotatable bonds is 5. The van der Waals surface area contributed by atoms with E-state index in [1.165, 1.54) is 5.56 Å². The van der Waals surface area contributed by atoms with Gasteiger partial charge >= 0.3 is 0 Å². The van der Waals surface area contributed by atoms with Crippen molar-refractivity contribution >= 4 is 0 Å². The van der Waals surface area contributed by atoms with Gasteiger partial charge in [0.15, 0.2) is 0 Å². The molecule has 0 radical (unpaired) electrons. The molecule has 0 saturated carbocycles. The summed E-state index contributed by atoms with van der Waals surface area (Å²) in [5.74, 6) is 2.62.